The van der Waals surface area contributed by atoms with E-state index in [-0.39, 0.29) is 18.3 Å². The van der Waals surface area contributed by atoms with Gasteiger partial charge in [0.25, 0.3) is 0 Å². The number of ether oxygens (including phenoxy) is 1. The number of anilines is 1. The van der Waals surface area contributed by atoms with E-state index in [0.717, 1.165) is 5.75 Å². The number of nitrogens with zero attached hydrogens (tertiary/aromatic N) is 2. The summed E-state index contributed by atoms with van der Waals surface area (Å²) in [6.45, 7) is 2.30. The smallest absolute Gasteiger partial charge is 0.234 e. The third-order valence-corrected chi connectivity index (χ3v) is 4.56. The Bertz CT molecular complexity index is 883. The van der Waals surface area contributed by atoms with E-state index in [4.69, 9.17) is 16.3 Å². The fourth-order valence-electron chi connectivity index (χ4n) is 2.07. The molecule has 0 saturated carbocycles. The van der Waals surface area contributed by atoms with Crippen molar-refractivity contribution >= 4 is 35.0 Å². The van der Waals surface area contributed by atoms with Crippen LogP contribution in [0.15, 0.2) is 53.7 Å². The van der Waals surface area contributed by atoms with E-state index in [1.54, 1.807) is 18.2 Å². The van der Waals surface area contributed by atoms with Crippen molar-refractivity contribution in [1.82, 2.24) is 15.2 Å². The van der Waals surface area contributed by atoms with Crippen molar-refractivity contribution in [3.05, 3.63) is 64.9 Å². The Morgan fingerprint density at radius 2 is 2.00 bits per heavy atom. The van der Waals surface area contributed by atoms with Gasteiger partial charge in [-0.05, 0) is 31.2 Å². The van der Waals surface area contributed by atoms with Crippen molar-refractivity contribution in [2.24, 2.45) is 0 Å². The number of carbonyl (C=O) groups excluding carboxylic acids is 1. The second-order valence-corrected chi connectivity index (χ2v) is 6.83. The largest absolute Gasteiger partial charge is 0.486 e. The summed E-state index contributed by atoms with van der Waals surface area (Å²) in [6, 6.07) is 14.9. The Hall–Kier alpha value is -2.51. The molecule has 0 atom stereocenters. The highest BCUT2D eigenvalue weighted by Gasteiger charge is 2.09. The monoisotopic (exact) mass is 388 g/mol. The lowest BCUT2D eigenvalue weighted by Crippen LogP contribution is -2.14. The van der Waals surface area contributed by atoms with Crippen LogP contribution in [0, 0.1) is 6.92 Å². The van der Waals surface area contributed by atoms with Crippen LogP contribution in [-0.4, -0.2) is 26.8 Å². The quantitative estimate of drug-likeness (QED) is 0.596. The molecule has 1 aromatic heterocycles. The zero-order valence-corrected chi connectivity index (χ0v) is 15.6. The minimum Gasteiger partial charge on any atom is -0.486 e. The lowest BCUT2D eigenvalue weighted by molar-refractivity contribution is -0.113. The number of thioether (sulfide) groups is 1. The number of hydrogen-bond acceptors (Lipinski definition) is 5. The first-order chi connectivity index (χ1) is 12.6. The van der Waals surface area contributed by atoms with Gasteiger partial charge in [-0.15, -0.1) is 5.10 Å². The summed E-state index contributed by atoms with van der Waals surface area (Å²) < 4.78 is 5.64. The number of amides is 1. The van der Waals surface area contributed by atoms with Gasteiger partial charge < -0.3 is 10.1 Å². The van der Waals surface area contributed by atoms with Gasteiger partial charge in [0.1, 0.15) is 12.4 Å². The lowest BCUT2D eigenvalue weighted by atomic mass is 10.2. The minimum atomic E-state index is -0.176. The van der Waals surface area contributed by atoms with Crippen LogP contribution in [0.1, 0.15) is 11.4 Å². The van der Waals surface area contributed by atoms with Gasteiger partial charge in [0.15, 0.2) is 5.82 Å². The third-order valence-electron chi connectivity index (χ3n) is 3.39. The van der Waals surface area contributed by atoms with E-state index >= 15 is 0 Å². The molecule has 1 amide bonds. The lowest BCUT2D eigenvalue weighted by Gasteiger charge is -2.05. The molecular formula is C18H17ClN4O2S. The average molecular weight is 389 g/mol. The molecule has 26 heavy (non-hydrogen) atoms. The molecule has 0 aliphatic carbocycles. The molecule has 3 rings (SSSR count). The first kappa shape index (κ1) is 18.3. The van der Waals surface area contributed by atoms with Crippen molar-refractivity contribution in [3.63, 3.8) is 0 Å². The fraction of sp³-hybridized carbons (Fsp3) is 0.167. The van der Waals surface area contributed by atoms with E-state index in [2.05, 4.69) is 20.5 Å². The number of nitrogens with one attached hydrogen (secondary N) is 2. The number of benzene rings is 2. The maximum atomic E-state index is 12.0. The molecule has 2 N–H and O–H groups in total. The molecule has 6 nitrogen and oxygen atoms in total. The van der Waals surface area contributed by atoms with Crippen LogP contribution in [0.4, 0.5) is 5.69 Å². The number of aryl methyl sites for hydroxylation is 1. The summed E-state index contributed by atoms with van der Waals surface area (Å²) in [5.74, 6) is 1.37. The average Bonchev–Trinajstić information content (AvgIpc) is 3.09. The van der Waals surface area contributed by atoms with Crippen molar-refractivity contribution < 1.29 is 9.53 Å². The van der Waals surface area contributed by atoms with Crippen LogP contribution in [0.2, 0.25) is 5.02 Å². The Morgan fingerprint density at radius 3 is 2.77 bits per heavy atom. The number of hydrogen-bond donors (Lipinski definition) is 2. The molecule has 0 aliphatic heterocycles. The molecule has 8 heteroatoms. The normalized spacial score (nSPS) is 10.5. The van der Waals surface area contributed by atoms with Crippen LogP contribution in [0.5, 0.6) is 5.75 Å². The number of aromatic amines is 1. The van der Waals surface area contributed by atoms with Gasteiger partial charge in [0.2, 0.25) is 11.1 Å². The zero-order chi connectivity index (χ0) is 18.4. The number of H-pyrrole nitrogens is 1. The number of aromatic nitrogens is 3. The Morgan fingerprint density at radius 1 is 1.23 bits per heavy atom. The van der Waals surface area contributed by atoms with Crippen LogP contribution in [0.3, 0.4) is 0 Å². The standard InChI is InChI=1S/C18H17ClN4O2S/c1-12-6-8-13(9-7-12)25-10-16-21-18(23-22-16)26-11-17(24)20-15-5-3-2-4-14(15)19/h2-9H,10-11H2,1H3,(H,20,24)(H,21,22,23). The van der Waals surface area contributed by atoms with Crippen molar-refractivity contribution in [2.75, 3.05) is 11.1 Å². The van der Waals surface area contributed by atoms with Crippen molar-refractivity contribution in [1.29, 1.82) is 0 Å². The Kier molecular flexibility index (Phi) is 6.14. The van der Waals surface area contributed by atoms with Crippen LogP contribution in [-0.2, 0) is 11.4 Å². The van der Waals surface area contributed by atoms with E-state index in [1.807, 2.05) is 37.3 Å². The SMILES string of the molecule is Cc1ccc(OCc2nc(SCC(=O)Nc3ccccc3Cl)n[nH]2)cc1. The highest BCUT2D eigenvalue weighted by molar-refractivity contribution is 7.99. The summed E-state index contributed by atoms with van der Waals surface area (Å²) >= 11 is 7.25. The van der Waals surface area contributed by atoms with E-state index in [0.29, 0.717) is 21.7 Å². The summed E-state index contributed by atoms with van der Waals surface area (Å²) in [5.41, 5.74) is 1.76. The van der Waals surface area contributed by atoms with E-state index < -0.39 is 0 Å². The van der Waals surface area contributed by atoms with Gasteiger partial charge in [0.05, 0.1) is 16.5 Å². The van der Waals surface area contributed by atoms with E-state index in [1.165, 1.54) is 17.3 Å². The van der Waals surface area contributed by atoms with Gasteiger partial charge in [0, 0.05) is 0 Å². The van der Waals surface area contributed by atoms with Crippen LogP contribution in [0.25, 0.3) is 0 Å². The molecule has 0 aliphatic rings. The molecule has 0 radical (unpaired) electrons. The zero-order valence-electron chi connectivity index (χ0n) is 14.0. The van der Waals surface area contributed by atoms with Crippen molar-refractivity contribution in [3.8, 4) is 5.75 Å². The summed E-state index contributed by atoms with van der Waals surface area (Å²) in [7, 11) is 0. The highest BCUT2D eigenvalue weighted by atomic mass is 35.5. The number of rotatable bonds is 7. The van der Waals surface area contributed by atoms with Gasteiger partial charge in [-0.2, -0.15) is 0 Å². The second-order valence-electron chi connectivity index (χ2n) is 5.48. The summed E-state index contributed by atoms with van der Waals surface area (Å²) in [6.07, 6.45) is 0. The molecule has 0 unspecified atom stereocenters. The van der Waals surface area contributed by atoms with Gasteiger partial charge in [-0.1, -0.05) is 53.2 Å². The molecule has 1 heterocycles. The predicted molar refractivity (Wildman–Crippen MR) is 103 cm³/mol. The maximum absolute atomic E-state index is 12.0. The van der Waals surface area contributed by atoms with Crippen LogP contribution >= 0.6 is 23.4 Å². The summed E-state index contributed by atoms with van der Waals surface area (Å²) in [4.78, 5) is 16.3. The molecule has 0 fully saturated rings. The molecule has 2 aromatic carbocycles. The predicted octanol–water partition coefficient (Wildman–Crippen LogP) is 4.08. The first-order valence-corrected chi connectivity index (χ1v) is 9.24. The molecular weight excluding hydrogens is 372 g/mol. The molecule has 0 saturated heterocycles. The molecule has 0 bridgehead atoms. The number of carbonyl (C=O) groups is 1. The van der Waals surface area contributed by atoms with Crippen molar-refractivity contribution in [2.45, 2.75) is 18.7 Å². The second kappa shape index (κ2) is 8.73. The topological polar surface area (TPSA) is 79.9 Å². The Balaban J connectivity index is 1.46. The van der Waals surface area contributed by atoms with Gasteiger partial charge in [-0.3, -0.25) is 9.89 Å². The molecule has 0 spiro atoms. The third kappa shape index (κ3) is 5.24. The number of para-hydroxylation sites is 1. The van der Waals surface area contributed by atoms with Gasteiger partial charge >= 0.3 is 0 Å². The fourth-order valence-corrected chi connectivity index (χ4v) is 2.87. The molecule has 3 aromatic rings. The maximum Gasteiger partial charge on any atom is 0.234 e. The van der Waals surface area contributed by atoms with E-state index in [9.17, 15) is 4.79 Å². The summed E-state index contributed by atoms with van der Waals surface area (Å²) in [5, 5.41) is 10.6. The van der Waals surface area contributed by atoms with Crippen LogP contribution < -0.4 is 10.1 Å². The number of halogens is 1. The molecule has 134 valence electrons. The minimum absolute atomic E-state index is 0.176. The Labute approximate surface area is 160 Å². The highest BCUT2D eigenvalue weighted by Crippen LogP contribution is 2.21. The van der Waals surface area contributed by atoms with Gasteiger partial charge in [-0.25, -0.2) is 4.98 Å². The first-order valence-electron chi connectivity index (χ1n) is 7.88.